The number of piperidine rings is 1. The summed E-state index contributed by atoms with van der Waals surface area (Å²) in [6, 6.07) is 24.3. The highest BCUT2D eigenvalue weighted by Crippen LogP contribution is 2.51. The SMILES string of the molecule is O=C1CCN(c2coc3cc(C(=O)N4CCC5(CC4)CC(N4CCN(c6ccc(Nc7ncnc8c7ncn8C7CC(NC(=O)Cc8ccccc8)C7)cc6)CC4)C5)ccc23)C(=O)N1. The number of carbonyl (C=O) groups excluding carboxylic acids is 4. The van der Waals surface area contributed by atoms with Gasteiger partial charge in [-0.2, -0.15) is 0 Å². The minimum Gasteiger partial charge on any atom is -0.462 e. The highest BCUT2D eigenvalue weighted by atomic mass is 16.3. The number of nitrogens with zero attached hydrogens (tertiary/aromatic N) is 8. The number of nitrogens with one attached hydrogen (secondary N) is 3. The van der Waals surface area contributed by atoms with Crippen LogP contribution in [0.3, 0.4) is 0 Å². The van der Waals surface area contributed by atoms with Crippen LogP contribution in [-0.4, -0.2) is 111 Å². The molecule has 0 atom stereocenters. The molecule has 2 aliphatic carbocycles. The number of hydrogen-bond acceptors (Lipinski definition) is 11. The maximum atomic E-state index is 13.6. The summed E-state index contributed by atoms with van der Waals surface area (Å²) in [5.74, 6) is 0.439. The minimum atomic E-state index is -0.464. The summed E-state index contributed by atoms with van der Waals surface area (Å²) in [7, 11) is 0. The van der Waals surface area contributed by atoms with Crippen LogP contribution in [0.4, 0.5) is 27.7 Å². The van der Waals surface area contributed by atoms with E-state index >= 15 is 0 Å². The van der Waals surface area contributed by atoms with Gasteiger partial charge in [0.1, 0.15) is 18.2 Å². The van der Waals surface area contributed by atoms with Gasteiger partial charge < -0.3 is 29.4 Å². The molecule has 5 aliphatic rings. The predicted octanol–water partition coefficient (Wildman–Crippen LogP) is 6.03. The first-order chi connectivity index (χ1) is 31.2. The van der Waals surface area contributed by atoms with Gasteiger partial charge in [-0.25, -0.2) is 19.7 Å². The molecule has 6 aromatic rings. The average molecular weight is 862 g/mol. The van der Waals surface area contributed by atoms with Crippen molar-refractivity contribution in [3.63, 3.8) is 0 Å². The van der Waals surface area contributed by atoms with E-state index in [1.807, 2.05) is 53.7 Å². The Hall–Kier alpha value is -6.81. The number of amides is 5. The maximum absolute atomic E-state index is 13.6. The van der Waals surface area contributed by atoms with Crippen molar-refractivity contribution < 1.29 is 23.6 Å². The van der Waals surface area contributed by atoms with Gasteiger partial charge in [-0.15, -0.1) is 0 Å². The van der Waals surface area contributed by atoms with Crippen LogP contribution in [0.15, 0.2) is 96.1 Å². The summed E-state index contributed by atoms with van der Waals surface area (Å²) in [5, 5.41) is 9.73. The van der Waals surface area contributed by atoms with E-state index < -0.39 is 6.03 Å². The molecule has 3 aliphatic heterocycles. The quantitative estimate of drug-likeness (QED) is 0.147. The summed E-state index contributed by atoms with van der Waals surface area (Å²) < 4.78 is 7.89. The van der Waals surface area contributed by atoms with Crippen molar-refractivity contribution in [3.8, 4) is 0 Å². The molecule has 5 fully saturated rings. The Balaban J connectivity index is 0.628. The van der Waals surface area contributed by atoms with E-state index in [0.717, 1.165) is 92.8 Å². The van der Waals surface area contributed by atoms with Gasteiger partial charge in [-0.05, 0) is 92.0 Å². The summed E-state index contributed by atoms with van der Waals surface area (Å²) in [6.07, 6.45) is 11.6. The molecule has 0 radical (unpaired) electrons. The zero-order valence-electron chi connectivity index (χ0n) is 35.6. The predicted molar refractivity (Wildman–Crippen MR) is 241 cm³/mol. The topological polar surface area (TPSA) is 174 Å². The van der Waals surface area contributed by atoms with Gasteiger partial charge in [-0.3, -0.25) is 29.5 Å². The van der Waals surface area contributed by atoms with Crippen molar-refractivity contribution in [2.75, 3.05) is 60.9 Å². The second kappa shape index (κ2) is 16.4. The Kier molecular flexibility index (Phi) is 10.2. The van der Waals surface area contributed by atoms with E-state index in [1.165, 1.54) is 29.7 Å². The molecular weight excluding hydrogens is 811 g/mol. The molecule has 1 spiro atoms. The number of fused-ring (bicyclic) bond motifs is 2. The molecule has 6 heterocycles. The van der Waals surface area contributed by atoms with Gasteiger partial charge in [0.2, 0.25) is 11.8 Å². The molecule has 328 valence electrons. The summed E-state index contributed by atoms with van der Waals surface area (Å²) in [5.41, 5.74) is 6.70. The first-order valence-corrected chi connectivity index (χ1v) is 22.5. The number of likely N-dealkylation sites (tertiary alicyclic amines) is 1. The fraction of sp³-hybridized carbons (Fsp3) is 0.396. The van der Waals surface area contributed by atoms with Crippen molar-refractivity contribution in [3.05, 3.63) is 103 Å². The fourth-order valence-corrected chi connectivity index (χ4v) is 10.6. The molecule has 0 bridgehead atoms. The van der Waals surface area contributed by atoms with Crippen LogP contribution in [-0.2, 0) is 16.0 Å². The molecule has 3 aromatic heterocycles. The lowest BCUT2D eigenvalue weighted by molar-refractivity contribution is -0.122. The van der Waals surface area contributed by atoms with Crippen LogP contribution in [0, 0.1) is 5.41 Å². The van der Waals surface area contributed by atoms with Gasteiger partial charge in [0, 0.05) is 92.7 Å². The Morgan fingerprint density at radius 3 is 2.39 bits per heavy atom. The number of imidazole rings is 1. The number of carbonyl (C=O) groups is 4. The second-order valence-corrected chi connectivity index (χ2v) is 18.2. The van der Waals surface area contributed by atoms with Gasteiger partial charge in [0.25, 0.3) is 5.91 Å². The summed E-state index contributed by atoms with van der Waals surface area (Å²) in [6.45, 7) is 5.81. The monoisotopic (exact) mass is 861 g/mol. The Labute approximate surface area is 370 Å². The lowest BCUT2D eigenvalue weighted by Gasteiger charge is -2.56. The lowest BCUT2D eigenvalue weighted by Crippen LogP contribution is -2.59. The number of benzene rings is 3. The largest absolute Gasteiger partial charge is 0.462 e. The van der Waals surface area contributed by atoms with Gasteiger partial charge in [-0.1, -0.05) is 30.3 Å². The first-order valence-electron chi connectivity index (χ1n) is 22.5. The van der Waals surface area contributed by atoms with Gasteiger partial charge in [0.15, 0.2) is 17.0 Å². The van der Waals surface area contributed by atoms with Crippen LogP contribution in [0.25, 0.3) is 22.1 Å². The van der Waals surface area contributed by atoms with E-state index in [1.54, 1.807) is 12.4 Å². The van der Waals surface area contributed by atoms with Crippen LogP contribution in [0.5, 0.6) is 0 Å². The lowest BCUT2D eigenvalue weighted by atomic mass is 9.60. The van der Waals surface area contributed by atoms with Crippen LogP contribution in [0.1, 0.15) is 66.9 Å². The molecule has 0 unspecified atom stereocenters. The smallest absolute Gasteiger partial charge is 0.328 e. The molecule has 11 rings (SSSR count). The molecule has 16 nitrogen and oxygen atoms in total. The van der Waals surface area contributed by atoms with Crippen molar-refractivity contribution >= 4 is 68.8 Å². The zero-order valence-corrected chi connectivity index (χ0v) is 35.6. The minimum absolute atomic E-state index is 0.00687. The number of aromatic nitrogens is 4. The third-order valence-corrected chi connectivity index (χ3v) is 14.4. The maximum Gasteiger partial charge on any atom is 0.328 e. The Morgan fingerprint density at radius 2 is 1.62 bits per heavy atom. The van der Waals surface area contributed by atoms with E-state index in [0.29, 0.717) is 40.5 Å². The number of anilines is 4. The molecular formula is C48H51N11O5. The van der Waals surface area contributed by atoms with E-state index in [-0.39, 0.29) is 42.8 Å². The van der Waals surface area contributed by atoms with Crippen molar-refractivity contribution in [1.29, 1.82) is 0 Å². The van der Waals surface area contributed by atoms with Crippen LogP contribution in [0.2, 0.25) is 0 Å². The third kappa shape index (κ3) is 7.69. The molecule has 16 heteroatoms. The van der Waals surface area contributed by atoms with E-state index in [4.69, 9.17) is 9.40 Å². The Bertz CT molecular complexity index is 2720. The number of rotatable bonds is 10. The zero-order chi connectivity index (χ0) is 43.4. The standard InChI is InChI=1S/C48H51N11O5/c60-41-12-15-58(47(63)54-41)39-28-64-40-23-32(6-11-38(39)40)46(62)57-16-13-48(14-17-57)26-37(27-48)56-20-18-55(19-21-56)35-9-7-33(8-10-35)53-44-43-45(50-29-49-44)59(30-51-43)36-24-34(25-36)52-42(61)22-31-4-2-1-3-5-31/h1-11,23,28-30,34,36-37H,12-22,24-27H2,(H,52,61)(H,49,50,53)(H,54,60,63). The van der Waals surface area contributed by atoms with Crippen molar-refractivity contribution in [1.82, 2.24) is 40.0 Å². The van der Waals surface area contributed by atoms with Crippen molar-refractivity contribution in [2.45, 2.75) is 69.5 Å². The number of furan rings is 1. The molecule has 3 N–H and O–H groups in total. The number of piperazine rings is 1. The highest BCUT2D eigenvalue weighted by molar-refractivity contribution is 6.10. The number of hydrogen-bond donors (Lipinski definition) is 3. The summed E-state index contributed by atoms with van der Waals surface area (Å²) >= 11 is 0. The van der Waals surface area contributed by atoms with Gasteiger partial charge in [0.05, 0.1) is 18.4 Å². The van der Waals surface area contributed by atoms with E-state index in [2.05, 4.69) is 64.6 Å². The average Bonchev–Trinajstić information content (AvgIpc) is 3.92. The van der Waals surface area contributed by atoms with Crippen LogP contribution < -0.4 is 25.8 Å². The van der Waals surface area contributed by atoms with Crippen molar-refractivity contribution in [2.24, 2.45) is 5.41 Å². The van der Waals surface area contributed by atoms with Crippen LogP contribution >= 0.6 is 0 Å². The molecule has 3 saturated heterocycles. The number of urea groups is 1. The fourth-order valence-electron chi connectivity index (χ4n) is 10.6. The molecule has 5 amide bonds. The number of imide groups is 1. The molecule has 2 saturated carbocycles. The summed E-state index contributed by atoms with van der Waals surface area (Å²) in [4.78, 5) is 72.6. The molecule has 64 heavy (non-hydrogen) atoms. The third-order valence-electron chi connectivity index (χ3n) is 14.4. The second-order valence-electron chi connectivity index (χ2n) is 18.2. The highest BCUT2D eigenvalue weighted by Gasteiger charge is 2.48. The first kappa shape index (κ1) is 40.0. The van der Waals surface area contributed by atoms with Gasteiger partial charge >= 0.3 is 6.03 Å². The van der Waals surface area contributed by atoms with E-state index in [9.17, 15) is 19.2 Å². The normalized spacial score (nSPS) is 21.5. The molecule has 3 aromatic carbocycles. The Morgan fingerprint density at radius 1 is 0.844 bits per heavy atom.